The fraction of sp³-hybridized carbons (Fsp3) is 0.385. The van der Waals surface area contributed by atoms with Crippen molar-refractivity contribution in [3.8, 4) is 0 Å². The van der Waals surface area contributed by atoms with Gasteiger partial charge in [0, 0.05) is 0 Å². The molecule has 0 fully saturated rings. The van der Waals surface area contributed by atoms with Gasteiger partial charge < -0.3 is 0 Å². The van der Waals surface area contributed by atoms with Crippen LogP contribution in [-0.2, 0) is 5.41 Å². The van der Waals surface area contributed by atoms with Crippen LogP contribution >= 0.6 is 0 Å². The smallest absolute Gasteiger partial charge is 0.0659 e. The minimum Gasteiger partial charge on any atom is -0.0659 e. The Kier molecular flexibility index (Phi) is 6.02. The zero-order chi connectivity index (χ0) is 29.9. The first-order valence-electron chi connectivity index (χ1n) is 15.5. The maximum atomic E-state index is 2.59. The van der Waals surface area contributed by atoms with Crippen molar-refractivity contribution >= 4 is 44.6 Å². The van der Waals surface area contributed by atoms with E-state index in [1.807, 2.05) is 0 Å². The maximum Gasteiger partial charge on any atom is 0.0776 e. The summed E-state index contributed by atoms with van der Waals surface area (Å²) in [7, 11) is -3.20. The van der Waals surface area contributed by atoms with Gasteiger partial charge in [0.25, 0.3) is 0 Å². The van der Waals surface area contributed by atoms with Gasteiger partial charge in [-0.25, -0.2) is 0 Å². The first-order chi connectivity index (χ1) is 18.8. The van der Waals surface area contributed by atoms with Gasteiger partial charge in [-0.1, -0.05) is 152 Å². The van der Waals surface area contributed by atoms with Crippen LogP contribution in [0.1, 0.15) is 69.4 Å². The van der Waals surface area contributed by atoms with Crippen LogP contribution in [0.4, 0.5) is 0 Å². The maximum absolute atomic E-state index is 2.59. The zero-order valence-electron chi connectivity index (χ0n) is 27.4. The first-order valence-corrected chi connectivity index (χ1v) is 22.5. The monoisotopic (exact) mass is 572 g/mol. The molecule has 4 aliphatic carbocycles. The molecule has 0 N–H and O–H groups in total. The SMILES string of the molecule is CC(C)(C)C1=CC=C2C(=Cc3cc(C(C)(C)C)ccc32)C12C1=Cc3cc([Si](C)(C)C)ccc3C1=CC=C2[Si](C)(C)C. The molecule has 0 saturated heterocycles. The summed E-state index contributed by atoms with van der Waals surface area (Å²) < 4.78 is 0. The van der Waals surface area contributed by atoms with Crippen LogP contribution in [0.2, 0.25) is 39.3 Å². The van der Waals surface area contributed by atoms with Crippen LogP contribution in [0.3, 0.4) is 0 Å². The van der Waals surface area contributed by atoms with Gasteiger partial charge in [-0.2, -0.15) is 0 Å². The van der Waals surface area contributed by atoms with Gasteiger partial charge >= 0.3 is 0 Å². The highest BCUT2D eigenvalue weighted by Crippen LogP contribution is 2.67. The normalized spacial score (nSPS) is 21.7. The number of benzene rings is 2. The van der Waals surface area contributed by atoms with Gasteiger partial charge in [0.05, 0.1) is 21.6 Å². The molecule has 212 valence electrons. The predicted octanol–water partition coefficient (Wildman–Crippen LogP) is 10.6. The van der Waals surface area contributed by atoms with E-state index in [9.17, 15) is 0 Å². The molecule has 0 nitrogen and oxygen atoms in total. The lowest BCUT2D eigenvalue weighted by molar-refractivity contribution is 0.423. The molecule has 0 saturated carbocycles. The molecular formula is C39H48Si2. The Morgan fingerprint density at radius 3 is 1.61 bits per heavy atom. The van der Waals surface area contributed by atoms with E-state index in [-0.39, 0.29) is 16.2 Å². The lowest BCUT2D eigenvalue weighted by atomic mass is 9.56. The summed E-state index contributed by atoms with van der Waals surface area (Å²) >= 11 is 0. The minimum absolute atomic E-state index is 0.00844. The topological polar surface area (TPSA) is 0 Å². The quantitative estimate of drug-likeness (QED) is 0.314. The van der Waals surface area contributed by atoms with Crippen LogP contribution in [0.5, 0.6) is 0 Å². The second-order valence-corrected chi connectivity index (χ2v) is 26.9. The van der Waals surface area contributed by atoms with Gasteiger partial charge in [0.2, 0.25) is 0 Å². The van der Waals surface area contributed by atoms with E-state index in [4.69, 9.17) is 0 Å². The molecule has 1 atom stereocenters. The van der Waals surface area contributed by atoms with Crippen molar-refractivity contribution < 1.29 is 0 Å². The minimum atomic E-state index is -1.77. The fourth-order valence-electron chi connectivity index (χ4n) is 7.60. The van der Waals surface area contributed by atoms with Crippen LogP contribution in [0.15, 0.2) is 82.6 Å². The van der Waals surface area contributed by atoms with Gasteiger partial charge in [-0.15, -0.1) is 0 Å². The van der Waals surface area contributed by atoms with Crippen LogP contribution in [-0.4, -0.2) is 16.1 Å². The molecule has 2 aromatic rings. The van der Waals surface area contributed by atoms with Crippen molar-refractivity contribution in [1.82, 2.24) is 0 Å². The number of rotatable bonds is 2. The zero-order valence-corrected chi connectivity index (χ0v) is 29.4. The molecule has 2 aromatic carbocycles. The Labute approximate surface area is 251 Å². The molecule has 1 spiro atoms. The summed E-state index contributed by atoms with van der Waals surface area (Å²) in [5.41, 5.74) is 14.2. The Morgan fingerprint density at radius 2 is 1.10 bits per heavy atom. The summed E-state index contributed by atoms with van der Waals surface area (Å²) in [4.78, 5) is 0. The summed E-state index contributed by atoms with van der Waals surface area (Å²) in [5, 5.41) is 3.18. The largest absolute Gasteiger partial charge is 0.0776 e. The highest BCUT2D eigenvalue weighted by molar-refractivity contribution is 6.88. The Morgan fingerprint density at radius 1 is 0.561 bits per heavy atom. The average molecular weight is 573 g/mol. The second-order valence-electron chi connectivity index (χ2n) is 16.8. The molecule has 0 aromatic heterocycles. The summed E-state index contributed by atoms with van der Waals surface area (Å²) in [6, 6.07) is 14.6. The third-order valence-electron chi connectivity index (χ3n) is 9.66. The number of fused-ring (bicyclic) bond motifs is 8. The molecule has 0 radical (unpaired) electrons. The third kappa shape index (κ3) is 4.20. The third-order valence-corrected chi connectivity index (χ3v) is 13.9. The summed E-state index contributed by atoms with van der Waals surface area (Å²) in [6.45, 7) is 29.2. The Balaban J connectivity index is 1.68. The summed E-state index contributed by atoms with van der Waals surface area (Å²) in [5.74, 6) is 0. The fourth-order valence-corrected chi connectivity index (χ4v) is 10.9. The molecule has 0 heterocycles. The summed E-state index contributed by atoms with van der Waals surface area (Å²) in [6.07, 6.45) is 15.1. The number of hydrogen-bond donors (Lipinski definition) is 0. The molecule has 41 heavy (non-hydrogen) atoms. The molecule has 0 aliphatic heterocycles. The van der Waals surface area contributed by atoms with Crippen molar-refractivity contribution in [3.05, 3.63) is 110 Å². The standard InChI is InChI=1S/C39H48Si2/c1-37(2,3)27-13-15-29-25(21-27)23-33-31(29)17-19-35(38(4,5)6)39(33)34-24-26-22-28(40(7,8)9)14-16-30(26)32(34)18-20-36(39)41(10,11)12/h13-24H,1-12H3. The highest BCUT2D eigenvalue weighted by Gasteiger charge is 2.56. The molecular weight excluding hydrogens is 525 g/mol. The molecule has 0 bridgehead atoms. The van der Waals surface area contributed by atoms with E-state index in [1.165, 1.54) is 60.9 Å². The van der Waals surface area contributed by atoms with Gasteiger partial charge in [0.15, 0.2) is 0 Å². The number of allylic oxidation sites excluding steroid dienone is 10. The Hall–Kier alpha value is -2.69. The molecule has 0 amide bonds. The van der Waals surface area contributed by atoms with Crippen LogP contribution in [0.25, 0.3) is 23.3 Å². The molecule has 2 heteroatoms. The lowest BCUT2D eigenvalue weighted by Gasteiger charge is -2.52. The molecule has 1 unspecified atom stereocenters. The van der Waals surface area contributed by atoms with E-state index in [2.05, 4.69) is 154 Å². The van der Waals surface area contributed by atoms with E-state index < -0.39 is 16.1 Å². The molecule has 4 aliphatic rings. The van der Waals surface area contributed by atoms with Crippen molar-refractivity contribution in [1.29, 1.82) is 0 Å². The van der Waals surface area contributed by atoms with Crippen molar-refractivity contribution in [2.24, 2.45) is 10.8 Å². The van der Waals surface area contributed by atoms with Crippen molar-refractivity contribution in [2.45, 2.75) is 86.2 Å². The van der Waals surface area contributed by atoms with E-state index >= 15 is 0 Å². The number of hydrogen-bond acceptors (Lipinski definition) is 0. The van der Waals surface area contributed by atoms with E-state index in [0.717, 1.165) is 0 Å². The van der Waals surface area contributed by atoms with Crippen molar-refractivity contribution in [2.75, 3.05) is 0 Å². The van der Waals surface area contributed by atoms with E-state index in [0.29, 0.717) is 0 Å². The predicted molar refractivity (Wildman–Crippen MR) is 188 cm³/mol. The van der Waals surface area contributed by atoms with Crippen molar-refractivity contribution in [3.63, 3.8) is 0 Å². The first kappa shape index (κ1) is 28.4. The second kappa shape index (κ2) is 8.67. The lowest BCUT2D eigenvalue weighted by Crippen LogP contribution is -2.46. The average Bonchev–Trinajstić information content (AvgIpc) is 3.40. The van der Waals surface area contributed by atoms with Crippen LogP contribution in [0, 0.1) is 10.8 Å². The van der Waals surface area contributed by atoms with Crippen LogP contribution < -0.4 is 5.19 Å². The molecule has 6 rings (SSSR count). The van der Waals surface area contributed by atoms with Gasteiger partial charge in [0.1, 0.15) is 0 Å². The van der Waals surface area contributed by atoms with Gasteiger partial charge in [-0.05, 0) is 78.7 Å². The van der Waals surface area contributed by atoms with E-state index in [1.54, 1.807) is 5.20 Å². The highest BCUT2D eigenvalue weighted by atomic mass is 28.3. The van der Waals surface area contributed by atoms with Gasteiger partial charge in [-0.3, -0.25) is 0 Å². The Bertz CT molecular complexity index is 1560.